The fourth-order valence-corrected chi connectivity index (χ4v) is 2.34. The van der Waals surface area contributed by atoms with Crippen LogP contribution in [-0.4, -0.2) is 29.8 Å². The SMILES string of the molecule is COc1cccc(C(=O)NCCc2nnc(-c3ccc(Cl)cc3)o2)c1. The van der Waals surface area contributed by atoms with Crippen molar-refractivity contribution in [1.29, 1.82) is 0 Å². The first-order chi connectivity index (χ1) is 12.2. The maximum atomic E-state index is 12.1. The molecule has 3 aromatic rings. The van der Waals surface area contributed by atoms with Gasteiger partial charge in [-0.15, -0.1) is 10.2 Å². The van der Waals surface area contributed by atoms with Crippen LogP contribution in [0, 0.1) is 0 Å². The zero-order valence-electron chi connectivity index (χ0n) is 13.5. The van der Waals surface area contributed by atoms with Crippen LogP contribution in [0.5, 0.6) is 5.75 Å². The van der Waals surface area contributed by atoms with E-state index in [1.54, 1.807) is 43.5 Å². The second kappa shape index (κ2) is 7.81. The van der Waals surface area contributed by atoms with Crippen molar-refractivity contribution in [2.24, 2.45) is 0 Å². The number of ether oxygens (including phenoxy) is 1. The number of rotatable bonds is 6. The predicted octanol–water partition coefficient (Wildman–Crippen LogP) is 3.37. The van der Waals surface area contributed by atoms with Crippen LogP contribution in [0.1, 0.15) is 16.2 Å². The van der Waals surface area contributed by atoms with Crippen molar-refractivity contribution in [2.75, 3.05) is 13.7 Å². The molecule has 1 amide bonds. The summed E-state index contributed by atoms with van der Waals surface area (Å²) in [5, 5.41) is 11.5. The molecular formula is C18H16ClN3O3. The second-order valence-electron chi connectivity index (χ2n) is 5.25. The molecule has 25 heavy (non-hydrogen) atoms. The van der Waals surface area contributed by atoms with Gasteiger partial charge in [-0.2, -0.15) is 0 Å². The molecule has 128 valence electrons. The van der Waals surface area contributed by atoms with E-state index in [1.807, 2.05) is 12.1 Å². The van der Waals surface area contributed by atoms with Gasteiger partial charge in [0, 0.05) is 29.1 Å². The van der Waals surface area contributed by atoms with Gasteiger partial charge in [0.2, 0.25) is 11.8 Å². The fraction of sp³-hybridized carbons (Fsp3) is 0.167. The van der Waals surface area contributed by atoms with E-state index in [4.69, 9.17) is 20.8 Å². The Morgan fingerprint density at radius 3 is 2.76 bits per heavy atom. The molecular weight excluding hydrogens is 342 g/mol. The number of halogens is 1. The number of benzene rings is 2. The summed E-state index contributed by atoms with van der Waals surface area (Å²) in [6.07, 6.45) is 0.441. The van der Waals surface area contributed by atoms with Crippen molar-refractivity contribution in [3.8, 4) is 17.2 Å². The molecule has 6 nitrogen and oxygen atoms in total. The van der Waals surface area contributed by atoms with Crippen LogP contribution >= 0.6 is 11.6 Å². The van der Waals surface area contributed by atoms with Crippen LogP contribution in [0.4, 0.5) is 0 Å². The zero-order chi connectivity index (χ0) is 17.6. The minimum atomic E-state index is -0.184. The number of hydrogen-bond acceptors (Lipinski definition) is 5. The first kappa shape index (κ1) is 17.0. The quantitative estimate of drug-likeness (QED) is 0.731. The highest BCUT2D eigenvalue weighted by atomic mass is 35.5. The highest BCUT2D eigenvalue weighted by Gasteiger charge is 2.10. The van der Waals surface area contributed by atoms with Gasteiger partial charge in [0.05, 0.1) is 7.11 Å². The van der Waals surface area contributed by atoms with Gasteiger partial charge >= 0.3 is 0 Å². The van der Waals surface area contributed by atoms with Gasteiger partial charge in [-0.3, -0.25) is 4.79 Å². The fourth-order valence-electron chi connectivity index (χ4n) is 2.21. The lowest BCUT2D eigenvalue weighted by atomic mass is 10.2. The van der Waals surface area contributed by atoms with E-state index in [-0.39, 0.29) is 5.91 Å². The number of aromatic nitrogens is 2. The van der Waals surface area contributed by atoms with Crippen molar-refractivity contribution in [2.45, 2.75) is 6.42 Å². The van der Waals surface area contributed by atoms with E-state index in [0.29, 0.717) is 41.1 Å². The predicted molar refractivity (Wildman–Crippen MR) is 93.8 cm³/mol. The van der Waals surface area contributed by atoms with Gasteiger partial charge in [-0.25, -0.2) is 0 Å². The molecule has 0 saturated heterocycles. The van der Waals surface area contributed by atoms with Gasteiger partial charge in [-0.05, 0) is 42.5 Å². The Hall–Kier alpha value is -2.86. The van der Waals surface area contributed by atoms with Gasteiger partial charge in [-0.1, -0.05) is 17.7 Å². The van der Waals surface area contributed by atoms with Crippen LogP contribution in [0.15, 0.2) is 52.9 Å². The Labute approximate surface area is 149 Å². The average Bonchev–Trinajstić information content (AvgIpc) is 3.11. The summed E-state index contributed by atoms with van der Waals surface area (Å²) in [6.45, 7) is 0.387. The maximum Gasteiger partial charge on any atom is 0.251 e. The number of methoxy groups -OCH3 is 1. The number of nitrogens with zero attached hydrogens (tertiary/aromatic N) is 2. The molecule has 0 aliphatic carbocycles. The van der Waals surface area contributed by atoms with E-state index in [9.17, 15) is 4.79 Å². The summed E-state index contributed by atoms with van der Waals surface area (Å²) in [5.41, 5.74) is 1.33. The third kappa shape index (κ3) is 4.36. The molecule has 1 aromatic heterocycles. The van der Waals surface area contributed by atoms with E-state index in [1.165, 1.54) is 0 Å². The Morgan fingerprint density at radius 2 is 2.00 bits per heavy atom. The Bertz CT molecular complexity index is 862. The molecule has 0 aliphatic heterocycles. The zero-order valence-corrected chi connectivity index (χ0v) is 14.3. The molecule has 0 aliphatic rings. The van der Waals surface area contributed by atoms with Crippen molar-refractivity contribution < 1.29 is 13.9 Å². The van der Waals surface area contributed by atoms with Crippen LogP contribution in [0.25, 0.3) is 11.5 Å². The third-order valence-electron chi connectivity index (χ3n) is 3.51. The van der Waals surface area contributed by atoms with Gasteiger partial charge < -0.3 is 14.5 Å². The monoisotopic (exact) mass is 357 g/mol. The van der Waals surface area contributed by atoms with Crippen LogP contribution in [0.2, 0.25) is 5.02 Å². The van der Waals surface area contributed by atoms with Crippen molar-refractivity contribution in [3.05, 3.63) is 65.0 Å². The lowest BCUT2D eigenvalue weighted by Crippen LogP contribution is -2.25. The topological polar surface area (TPSA) is 77.2 Å². The average molecular weight is 358 g/mol. The second-order valence-corrected chi connectivity index (χ2v) is 5.68. The Morgan fingerprint density at radius 1 is 1.20 bits per heavy atom. The number of nitrogens with one attached hydrogen (secondary N) is 1. The molecule has 1 heterocycles. The lowest BCUT2D eigenvalue weighted by molar-refractivity contribution is 0.0953. The summed E-state index contributed by atoms with van der Waals surface area (Å²) in [7, 11) is 1.56. The number of carbonyl (C=O) groups is 1. The molecule has 0 spiro atoms. The number of hydrogen-bond donors (Lipinski definition) is 1. The normalized spacial score (nSPS) is 10.5. The van der Waals surface area contributed by atoms with E-state index in [0.717, 1.165) is 5.56 Å². The Balaban J connectivity index is 1.55. The van der Waals surface area contributed by atoms with E-state index >= 15 is 0 Å². The molecule has 0 radical (unpaired) electrons. The van der Waals surface area contributed by atoms with E-state index < -0.39 is 0 Å². The summed E-state index contributed by atoms with van der Waals surface area (Å²) in [4.78, 5) is 12.1. The summed E-state index contributed by atoms with van der Waals surface area (Å²) in [5.74, 6) is 1.33. The summed E-state index contributed by atoms with van der Waals surface area (Å²) < 4.78 is 10.7. The third-order valence-corrected chi connectivity index (χ3v) is 3.77. The smallest absolute Gasteiger partial charge is 0.251 e. The van der Waals surface area contributed by atoms with E-state index in [2.05, 4.69) is 15.5 Å². The maximum absolute atomic E-state index is 12.1. The van der Waals surface area contributed by atoms with Crippen LogP contribution in [-0.2, 0) is 6.42 Å². The minimum Gasteiger partial charge on any atom is -0.497 e. The summed E-state index contributed by atoms with van der Waals surface area (Å²) >= 11 is 5.86. The molecule has 0 saturated carbocycles. The minimum absolute atomic E-state index is 0.184. The molecule has 0 unspecified atom stereocenters. The molecule has 7 heteroatoms. The van der Waals surface area contributed by atoms with Crippen molar-refractivity contribution in [3.63, 3.8) is 0 Å². The van der Waals surface area contributed by atoms with Gasteiger partial charge in [0.1, 0.15) is 5.75 Å². The molecule has 2 aromatic carbocycles. The van der Waals surface area contributed by atoms with Crippen molar-refractivity contribution in [1.82, 2.24) is 15.5 Å². The van der Waals surface area contributed by atoms with Gasteiger partial charge in [0.15, 0.2) is 0 Å². The number of amides is 1. The summed E-state index contributed by atoms with van der Waals surface area (Å²) in [6, 6.07) is 14.1. The first-order valence-electron chi connectivity index (χ1n) is 7.66. The van der Waals surface area contributed by atoms with Crippen molar-refractivity contribution >= 4 is 17.5 Å². The highest BCUT2D eigenvalue weighted by Crippen LogP contribution is 2.20. The van der Waals surface area contributed by atoms with Gasteiger partial charge in [0.25, 0.3) is 5.91 Å². The molecule has 3 rings (SSSR count). The molecule has 1 N–H and O–H groups in total. The number of carbonyl (C=O) groups excluding carboxylic acids is 1. The molecule has 0 bridgehead atoms. The molecule has 0 fully saturated rings. The highest BCUT2D eigenvalue weighted by molar-refractivity contribution is 6.30. The largest absolute Gasteiger partial charge is 0.497 e. The van der Waals surface area contributed by atoms with Crippen LogP contribution < -0.4 is 10.1 Å². The molecule has 0 atom stereocenters. The standard InChI is InChI=1S/C18H16ClN3O3/c1-24-15-4-2-3-13(11-15)17(23)20-10-9-16-21-22-18(25-16)12-5-7-14(19)8-6-12/h2-8,11H,9-10H2,1H3,(H,20,23). The first-order valence-corrected chi connectivity index (χ1v) is 8.04. The Kier molecular flexibility index (Phi) is 5.30. The van der Waals surface area contributed by atoms with Crippen LogP contribution in [0.3, 0.4) is 0 Å². The lowest BCUT2D eigenvalue weighted by Gasteiger charge is -2.05.